The highest BCUT2D eigenvalue weighted by Crippen LogP contribution is 2.33. The van der Waals surface area contributed by atoms with E-state index in [-0.39, 0.29) is 18.9 Å². The lowest BCUT2D eigenvalue weighted by Gasteiger charge is -2.48. The third-order valence-electron chi connectivity index (χ3n) is 13.7. The van der Waals surface area contributed by atoms with Gasteiger partial charge in [0.2, 0.25) is 5.91 Å². The van der Waals surface area contributed by atoms with Crippen LogP contribution in [0.1, 0.15) is 149 Å². The number of nitrogens with one attached hydrogen (secondary N) is 1. The van der Waals surface area contributed by atoms with Gasteiger partial charge < -0.3 is 89.9 Å². The monoisotopic (exact) mass is 1080 g/mol. The van der Waals surface area contributed by atoms with Crippen LogP contribution in [0.4, 0.5) is 0 Å². The zero-order valence-corrected chi connectivity index (χ0v) is 45.2. The fraction of sp³-hybridized carbons (Fsp3) is 0.772. The summed E-state index contributed by atoms with van der Waals surface area (Å²) in [5, 5.41) is 120. The summed E-state index contributed by atoms with van der Waals surface area (Å²) in [4.78, 5) is 13.2. The molecule has 0 aromatic rings. The number of unbranched alkanes of at least 4 members (excludes halogenated alkanes) is 13. The first-order chi connectivity index (χ1) is 36.8. The lowest BCUT2D eigenvalue weighted by atomic mass is 9.96. The molecule has 19 heteroatoms. The average molecular weight is 1080 g/mol. The van der Waals surface area contributed by atoms with Gasteiger partial charge in [0.05, 0.1) is 38.6 Å². The lowest BCUT2D eigenvalue weighted by molar-refractivity contribution is -0.379. The van der Waals surface area contributed by atoms with Gasteiger partial charge in [-0.25, -0.2) is 0 Å². The molecule has 3 saturated heterocycles. The van der Waals surface area contributed by atoms with E-state index in [1.165, 1.54) is 32.1 Å². The Kier molecular flexibility index (Phi) is 35.9. The second kappa shape index (κ2) is 40.4. The molecular formula is C57H97NO18. The number of allylic oxidation sites excluding steroid dienone is 11. The number of aliphatic hydroxyl groups excluding tert-OH is 11. The summed E-state index contributed by atoms with van der Waals surface area (Å²) in [6.45, 7) is 1.46. The minimum atomic E-state index is -1.98. The molecule has 0 aromatic carbocycles. The van der Waals surface area contributed by atoms with Crippen LogP contribution in [-0.4, -0.2) is 193 Å². The number of hydrogen-bond acceptors (Lipinski definition) is 18. The largest absolute Gasteiger partial charge is 0.394 e. The molecule has 3 aliphatic rings. The molecule has 0 spiro atoms. The molecule has 76 heavy (non-hydrogen) atoms. The highest BCUT2D eigenvalue weighted by Gasteiger charge is 2.53. The molecule has 1 amide bonds. The van der Waals surface area contributed by atoms with Gasteiger partial charge in [0, 0.05) is 6.42 Å². The van der Waals surface area contributed by atoms with Crippen molar-refractivity contribution in [3.8, 4) is 0 Å². The van der Waals surface area contributed by atoms with Crippen molar-refractivity contribution in [2.75, 3.05) is 26.4 Å². The summed E-state index contributed by atoms with van der Waals surface area (Å²) >= 11 is 0. The van der Waals surface area contributed by atoms with Crippen molar-refractivity contribution in [1.29, 1.82) is 0 Å². The number of aliphatic hydroxyl groups is 11. The predicted octanol–water partition coefficient (Wildman–Crippen LogP) is 3.87. The standard InChI is InChI=1S/C57H97NO18/c1-3-5-7-9-11-13-14-15-16-17-18-19-20-21-22-23-24-25-26-27-29-31-33-35-45(63)58-40(41(62)34-32-30-28-12-10-8-6-4-2)39-71-55-51(69)48(66)53(43(37-60)73-55)76-57-52(70)49(67)54(44(38-61)74-57)75-56-50(68)47(65)46(64)42(36-59)72-56/h5,7,10-13,15-16,18-19,32,34,40-44,46-57,59-62,64-70H,3-4,6,8-9,14,17,20-31,33,35-39H2,1-2H3,(H,58,63)/b7-5-,12-10+,13-11-,16-15-,19-18-,34-32+. The Labute approximate surface area is 451 Å². The first-order valence-corrected chi connectivity index (χ1v) is 28.2. The van der Waals surface area contributed by atoms with Crippen LogP contribution >= 0.6 is 0 Å². The number of ether oxygens (including phenoxy) is 6. The Morgan fingerprint density at radius 2 is 0.921 bits per heavy atom. The molecule has 3 heterocycles. The van der Waals surface area contributed by atoms with E-state index >= 15 is 0 Å². The minimum absolute atomic E-state index is 0.225. The molecule has 0 bridgehead atoms. The first-order valence-electron chi connectivity index (χ1n) is 28.2. The van der Waals surface area contributed by atoms with E-state index in [1.54, 1.807) is 6.08 Å². The van der Waals surface area contributed by atoms with Crippen molar-refractivity contribution in [3.05, 3.63) is 72.9 Å². The molecule has 17 unspecified atom stereocenters. The Morgan fingerprint density at radius 3 is 1.47 bits per heavy atom. The van der Waals surface area contributed by atoms with Gasteiger partial charge in [-0.05, 0) is 64.2 Å². The van der Waals surface area contributed by atoms with Crippen LogP contribution in [0.2, 0.25) is 0 Å². The zero-order valence-electron chi connectivity index (χ0n) is 45.2. The number of hydrogen-bond donors (Lipinski definition) is 12. The Balaban J connectivity index is 1.45. The van der Waals surface area contributed by atoms with E-state index in [1.807, 2.05) is 6.08 Å². The topological polar surface area (TPSA) is 307 Å². The maximum atomic E-state index is 13.2. The van der Waals surface area contributed by atoms with E-state index in [0.29, 0.717) is 12.8 Å². The highest BCUT2D eigenvalue weighted by atomic mass is 16.8. The van der Waals surface area contributed by atoms with Crippen molar-refractivity contribution in [2.24, 2.45) is 0 Å². The van der Waals surface area contributed by atoms with E-state index in [0.717, 1.165) is 83.5 Å². The second-order valence-corrected chi connectivity index (χ2v) is 20.0. The van der Waals surface area contributed by atoms with Gasteiger partial charge >= 0.3 is 0 Å². The molecule has 19 nitrogen and oxygen atoms in total. The van der Waals surface area contributed by atoms with Crippen LogP contribution in [-0.2, 0) is 33.2 Å². The zero-order chi connectivity index (χ0) is 55.5. The molecule has 0 aromatic heterocycles. The normalized spacial score (nSPS) is 31.5. The summed E-state index contributed by atoms with van der Waals surface area (Å²) < 4.78 is 34.1. The first kappa shape index (κ1) is 67.5. The molecular weight excluding hydrogens is 987 g/mol. The Hall–Kier alpha value is -2.77. The van der Waals surface area contributed by atoms with Crippen LogP contribution in [0, 0.1) is 0 Å². The predicted molar refractivity (Wildman–Crippen MR) is 286 cm³/mol. The van der Waals surface area contributed by atoms with E-state index in [4.69, 9.17) is 28.4 Å². The van der Waals surface area contributed by atoms with Crippen molar-refractivity contribution in [3.63, 3.8) is 0 Å². The molecule has 3 aliphatic heterocycles. The molecule has 3 fully saturated rings. The molecule has 0 aliphatic carbocycles. The van der Waals surface area contributed by atoms with Crippen molar-refractivity contribution >= 4 is 5.91 Å². The Morgan fingerprint density at radius 1 is 0.487 bits per heavy atom. The third-order valence-corrected chi connectivity index (χ3v) is 13.7. The Bertz CT molecular complexity index is 1670. The summed E-state index contributed by atoms with van der Waals surface area (Å²) in [7, 11) is 0. The summed E-state index contributed by atoms with van der Waals surface area (Å²) in [6, 6.07) is -0.993. The maximum Gasteiger partial charge on any atom is 0.220 e. The summed E-state index contributed by atoms with van der Waals surface area (Å²) in [6.07, 6.45) is 19.3. The summed E-state index contributed by atoms with van der Waals surface area (Å²) in [5.74, 6) is -0.299. The van der Waals surface area contributed by atoms with Crippen LogP contribution in [0.25, 0.3) is 0 Å². The van der Waals surface area contributed by atoms with Crippen molar-refractivity contribution < 1.29 is 89.4 Å². The van der Waals surface area contributed by atoms with Crippen LogP contribution < -0.4 is 5.32 Å². The molecule has 3 rings (SSSR count). The fourth-order valence-corrected chi connectivity index (χ4v) is 9.06. The SMILES string of the molecule is CC/C=C\C/C=C\C/C=C\C/C=C\CCCCCCCCCCCCC(=O)NC(COC1OC(CO)C(OC2OC(CO)C(OC3OC(CO)C(O)C(O)C3O)C(O)C2O)C(O)C1O)C(O)/C=C/CC/C=C/CCCC. The van der Waals surface area contributed by atoms with Gasteiger partial charge in [0.25, 0.3) is 0 Å². The number of rotatable bonds is 39. The number of amides is 1. The molecule has 438 valence electrons. The second-order valence-electron chi connectivity index (χ2n) is 20.0. The van der Waals surface area contributed by atoms with Crippen LogP contribution in [0.15, 0.2) is 72.9 Å². The average Bonchev–Trinajstić information content (AvgIpc) is 3.42. The molecule has 12 N–H and O–H groups in total. The quantitative estimate of drug-likeness (QED) is 0.0307. The fourth-order valence-electron chi connectivity index (χ4n) is 9.06. The van der Waals surface area contributed by atoms with Crippen LogP contribution in [0.3, 0.4) is 0 Å². The van der Waals surface area contributed by atoms with Crippen LogP contribution in [0.5, 0.6) is 0 Å². The van der Waals surface area contributed by atoms with Gasteiger partial charge in [0.15, 0.2) is 18.9 Å². The minimum Gasteiger partial charge on any atom is -0.394 e. The molecule has 0 saturated carbocycles. The van der Waals surface area contributed by atoms with Crippen molar-refractivity contribution in [2.45, 2.75) is 253 Å². The molecule has 0 radical (unpaired) electrons. The van der Waals surface area contributed by atoms with Gasteiger partial charge in [0.1, 0.15) is 73.2 Å². The van der Waals surface area contributed by atoms with E-state index in [2.05, 4.69) is 79.9 Å². The highest BCUT2D eigenvalue weighted by molar-refractivity contribution is 5.76. The van der Waals surface area contributed by atoms with Gasteiger partial charge in [-0.1, -0.05) is 151 Å². The molecule has 17 atom stereocenters. The smallest absolute Gasteiger partial charge is 0.220 e. The van der Waals surface area contributed by atoms with Gasteiger partial charge in [-0.15, -0.1) is 0 Å². The van der Waals surface area contributed by atoms with Crippen molar-refractivity contribution in [1.82, 2.24) is 5.32 Å². The number of carbonyl (C=O) groups excluding carboxylic acids is 1. The lowest BCUT2D eigenvalue weighted by Crippen LogP contribution is -2.66. The van der Waals surface area contributed by atoms with Gasteiger partial charge in [-0.3, -0.25) is 4.79 Å². The van der Waals surface area contributed by atoms with E-state index < -0.39 is 124 Å². The summed E-state index contributed by atoms with van der Waals surface area (Å²) in [5.41, 5.74) is 0. The third kappa shape index (κ3) is 24.7. The maximum absolute atomic E-state index is 13.2. The number of carbonyl (C=O) groups is 1. The van der Waals surface area contributed by atoms with E-state index in [9.17, 15) is 61.0 Å². The van der Waals surface area contributed by atoms with Gasteiger partial charge in [-0.2, -0.15) is 0 Å².